The zero-order chi connectivity index (χ0) is 24.7. The number of rotatable bonds is 0. The van der Waals surface area contributed by atoms with Crippen LogP contribution < -0.4 is 18.9 Å². The minimum Gasteiger partial charge on any atom is -0.487 e. The third-order valence-electron chi connectivity index (χ3n) is 5.07. The minimum atomic E-state index is 0.381. The molecule has 0 bridgehead atoms. The molecule has 0 unspecified atom stereocenters. The van der Waals surface area contributed by atoms with E-state index in [-0.39, 0.29) is 0 Å². The highest BCUT2D eigenvalue weighted by Crippen LogP contribution is 2.40. The number of hydrogen-bond donors (Lipinski definition) is 0. The molecule has 0 amide bonds. The van der Waals surface area contributed by atoms with Crippen molar-refractivity contribution in [3.63, 3.8) is 0 Å². The molecule has 36 heavy (non-hydrogen) atoms. The molecule has 3 aromatic carbocycles. The van der Waals surface area contributed by atoms with E-state index in [1.54, 1.807) is 0 Å². The molecule has 0 radical (unpaired) electrons. The van der Waals surface area contributed by atoms with Crippen LogP contribution in [0.3, 0.4) is 0 Å². The van der Waals surface area contributed by atoms with Gasteiger partial charge in [0.2, 0.25) is 0 Å². The summed E-state index contributed by atoms with van der Waals surface area (Å²) in [5, 5.41) is 0. The topological polar surface area (TPSA) is 73.8 Å². The average Bonchev–Trinajstić information content (AvgIpc) is 2.91. The lowest BCUT2D eigenvalue weighted by Crippen LogP contribution is -2.15. The van der Waals surface area contributed by atoms with Crippen molar-refractivity contribution in [3.05, 3.63) is 72.8 Å². The molecule has 0 fully saturated rings. The molecule has 0 saturated heterocycles. The molecule has 4 rings (SSSR count). The van der Waals surface area contributed by atoms with Crippen molar-refractivity contribution >= 4 is 0 Å². The third kappa shape index (κ3) is 8.42. The maximum Gasteiger partial charge on any atom is 0.170 e. The Hall–Kier alpha value is -3.30. The van der Waals surface area contributed by atoms with Gasteiger partial charge in [-0.2, -0.15) is 0 Å². The molecule has 8 heteroatoms. The van der Waals surface area contributed by atoms with Gasteiger partial charge in [-0.3, -0.25) is 0 Å². The normalized spacial score (nSPS) is 16.8. The molecular weight excluding hydrogens is 464 g/mol. The maximum atomic E-state index is 6.21. The van der Waals surface area contributed by atoms with Crippen LogP contribution in [0, 0.1) is 0 Å². The summed E-state index contributed by atoms with van der Waals surface area (Å²) in [7, 11) is 0. The second-order valence-electron chi connectivity index (χ2n) is 7.69. The van der Waals surface area contributed by atoms with E-state index in [0.29, 0.717) is 101 Å². The summed E-state index contributed by atoms with van der Waals surface area (Å²) < 4.78 is 46.5. The Bertz CT molecular complexity index is 959. The van der Waals surface area contributed by atoms with Gasteiger partial charge in [0.15, 0.2) is 34.5 Å². The number of para-hydroxylation sites is 6. The first-order valence-corrected chi connectivity index (χ1v) is 12.1. The van der Waals surface area contributed by atoms with E-state index >= 15 is 0 Å². The van der Waals surface area contributed by atoms with Crippen molar-refractivity contribution in [1.82, 2.24) is 0 Å². The summed E-state index contributed by atoms with van der Waals surface area (Å²) in [5.41, 5.74) is 0. The Morgan fingerprint density at radius 3 is 0.889 bits per heavy atom. The Morgan fingerprint density at radius 1 is 0.306 bits per heavy atom. The Balaban J connectivity index is 1.47. The van der Waals surface area contributed by atoms with Crippen molar-refractivity contribution in [1.29, 1.82) is 0 Å². The largest absolute Gasteiger partial charge is 0.487 e. The standard InChI is InChI=1S/C28H32O8/c1-3-9-25-23(7-1)33-21-19-31-17-15-29-13-14-30-16-18-32-20-22-34-24-8-2-4-10-26(24)36-28-12-6-5-11-27(28)35-25/h1-12H,13-22H2. The van der Waals surface area contributed by atoms with Crippen LogP contribution in [0.15, 0.2) is 72.8 Å². The molecule has 0 saturated carbocycles. The molecular formula is C28H32O8. The first-order valence-electron chi connectivity index (χ1n) is 12.1. The predicted octanol–water partition coefficient (Wildman–Crippen LogP) is 5.11. The van der Waals surface area contributed by atoms with E-state index in [0.717, 1.165) is 0 Å². The van der Waals surface area contributed by atoms with E-state index in [1.165, 1.54) is 0 Å². The predicted molar refractivity (Wildman–Crippen MR) is 134 cm³/mol. The molecule has 3 aromatic rings. The lowest BCUT2D eigenvalue weighted by molar-refractivity contribution is -0.00709. The summed E-state index contributed by atoms with van der Waals surface area (Å²) in [6, 6.07) is 22.5. The SMILES string of the molecule is c1ccc2c(c1)OCCOCCOCCOCCOCCOc1ccccc1Oc1ccccc1O2. The highest BCUT2D eigenvalue weighted by molar-refractivity contribution is 5.50. The van der Waals surface area contributed by atoms with Gasteiger partial charge in [0.05, 0.1) is 52.9 Å². The van der Waals surface area contributed by atoms with Crippen molar-refractivity contribution in [3.8, 4) is 34.5 Å². The summed E-state index contributed by atoms with van der Waals surface area (Å²) in [4.78, 5) is 0. The van der Waals surface area contributed by atoms with E-state index in [9.17, 15) is 0 Å². The van der Waals surface area contributed by atoms with Gasteiger partial charge in [-0.05, 0) is 36.4 Å². The Labute approximate surface area is 211 Å². The molecule has 1 heterocycles. The zero-order valence-electron chi connectivity index (χ0n) is 20.3. The highest BCUT2D eigenvalue weighted by Gasteiger charge is 2.13. The first kappa shape index (κ1) is 25.8. The van der Waals surface area contributed by atoms with Gasteiger partial charge in [-0.25, -0.2) is 0 Å². The second kappa shape index (κ2) is 15.0. The zero-order valence-corrected chi connectivity index (χ0v) is 20.3. The smallest absolute Gasteiger partial charge is 0.170 e. The molecule has 1 aliphatic rings. The fourth-order valence-electron chi connectivity index (χ4n) is 3.35. The molecule has 0 spiro atoms. The van der Waals surface area contributed by atoms with Gasteiger partial charge in [-0.1, -0.05) is 36.4 Å². The molecule has 0 N–H and O–H groups in total. The van der Waals surface area contributed by atoms with E-state index < -0.39 is 0 Å². The van der Waals surface area contributed by atoms with Crippen LogP contribution >= 0.6 is 0 Å². The monoisotopic (exact) mass is 496 g/mol. The number of ether oxygens (including phenoxy) is 8. The summed E-state index contributed by atoms with van der Waals surface area (Å²) in [6.45, 7) is 4.60. The highest BCUT2D eigenvalue weighted by atomic mass is 16.6. The second-order valence-corrected chi connectivity index (χ2v) is 7.69. The van der Waals surface area contributed by atoms with Gasteiger partial charge in [-0.15, -0.1) is 0 Å². The van der Waals surface area contributed by atoms with Gasteiger partial charge in [0, 0.05) is 0 Å². The van der Waals surface area contributed by atoms with Gasteiger partial charge >= 0.3 is 0 Å². The Morgan fingerprint density at radius 2 is 0.556 bits per heavy atom. The third-order valence-corrected chi connectivity index (χ3v) is 5.07. The van der Waals surface area contributed by atoms with E-state index in [2.05, 4.69) is 0 Å². The first-order chi connectivity index (χ1) is 17.9. The summed E-state index contributed by atoms with van der Waals surface area (Å²) in [6.07, 6.45) is 0. The number of fused-ring (bicyclic) bond motifs is 3. The van der Waals surface area contributed by atoms with Crippen LogP contribution in [0.2, 0.25) is 0 Å². The van der Waals surface area contributed by atoms with Crippen LogP contribution in [0.5, 0.6) is 34.5 Å². The fourth-order valence-corrected chi connectivity index (χ4v) is 3.35. The average molecular weight is 497 g/mol. The van der Waals surface area contributed by atoms with Gasteiger partial charge < -0.3 is 37.9 Å². The van der Waals surface area contributed by atoms with E-state index in [1.807, 2.05) is 72.8 Å². The lowest BCUT2D eigenvalue weighted by atomic mass is 10.3. The molecule has 0 atom stereocenters. The fraction of sp³-hybridized carbons (Fsp3) is 0.357. The van der Waals surface area contributed by atoms with Crippen molar-refractivity contribution < 1.29 is 37.9 Å². The summed E-state index contributed by atoms with van der Waals surface area (Å²) in [5.74, 6) is 3.48. The quantitative estimate of drug-likeness (QED) is 0.425. The maximum absolute atomic E-state index is 6.21. The van der Waals surface area contributed by atoms with Crippen LogP contribution in [0.4, 0.5) is 0 Å². The van der Waals surface area contributed by atoms with Gasteiger partial charge in [0.1, 0.15) is 13.2 Å². The van der Waals surface area contributed by atoms with Crippen LogP contribution in [0.1, 0.15) is 0 Å². The molecule has 192 valence electrons. The summed E-state index contributed by atoms with van der Waals surface area (Å²) >= 11 is 0. The van der Waals surface area contributed by atoms with Crippen LogP contribution in [-0.4, -0.2) is 66.1 Å². The molecule has 8 nitrogen and oxygen atoms in total. The molecule has 1 aliphatic heterocycles. The number of benzene rings is 3. The van der Waals surface area contributed by atoms with Crippen LogP contribution in [-0.2, 0) is 18.9 Å². The van der Waals surface area contributed by atoms with Crippen LogP contribution in [0.25, 0.3) is 0 Å². The van der Waals surface area contributed by atoms with E-state index in [4.69, 9.17) is 37.9 Å². The van der Waals surface area contributed by atoms with Crippen molar-refractivity contribution in [2.45, 2.75) is 0 Å². The lowest BCUT2D eigenvalue weighted by Gasteiger charge is -2.17. The molecule has 0 aliphatic carbocycles. The Kier molecular flexibility index (Phi) is 10.7. The minimum absolute atomic E-state index is 0.381. The number of hydrogen-bond acceptors (Lipinski definition) is 8. The molecule has 0 aromatic heterocycles. The van der Waals surface area contributed by atoms with Crippen molar-refractivity contribution in [2.24, 2.45) is 0 Å². The van der Waals surface area contributed by atoms with Gasteiger partial charge in [0.25, 0.3) is 0 Å². The van der Waals surface area contributed by atoms with Crippen molar-refractivity contribution in [2.75, 3.05) is 66.1 Å².